The van der Waals surface area contributed by atoms with Crippen molar-refractivity contribution in [2.24, 2.45) is 5.92 Å². The average Bonchev–Trinajstić information content (AvgIpc) is 2.37. The van der Waals surface area contributed by atoms with Gasteiger partial charge in [-0.15, -0.1) is 6.42 Å². The predicted octanol–water partition coefficient (Wildman–Crippen LogP) is 0.976. The normalized spacial score (nSPS) is 11.7. The summed E-state index contributed by atoms with van der Waals surface area (Å²) in [7, 11) is 0. The Morgan fingerprint density at radius 3 is 2.83 bits per heavy atom. The maximum atomic E-state index is 11.6. The number of terminal acetylenes is 1. The van der Waals surface area contributed by atoms with Crippen molar-refractivity contribution in [1.82, 2.24) is 20.6 Å². The number of hydrogen-bond donors (Lipinski definition) is 2. The van der Waals surface area contributed by atoms with Crippen LogP contribution in [0.2, 0.25) is 0 Å². The summed E-state index contributed by atoms with van der Waals surface area (Å²) in [6.45, 7) is 4.43. The molecule has 0 fully saturated rings. The van der Waals surface area contributed by atoms with Gasteiger partial charge in [0.15, 0.2) is 0 Å². The molecule has 0 aliphatic heterocycles. The molecule has 1 aromatic heterocycles. The van der Waals surface area contributed by atoms with Gasteiger partial charge in [-0.2, -0.15) is 0 Å². The minimum Gasteiger partial charge on any atom is -0.338 e. The molecule has 0 unspecified atom stereocenters. The first-order chi connectivity index (χ1) is 8.63. The van der Waals surface area contributed by atoms with Crippen LogP contribution in [-0.4, -0.2) is 28.6 Å². The molecule has 0 spiro atoms. The van der Waals surface area contributed by atoms with Gasteiger partial charge in [0, 0.05) is 31.6 Å². The van der Waals surface area contributed by atoms with Crippen LogP contribution in [0.3, 0.4) is 0 Å². The van der Waals surface area contributed by atoms with Crippen LogP contribution in [0.1, 0.15) is 19.5 Å². The molecule has 0 aliphatic rings. The lowest BCUT2D eigenvalue weighted by molar-refractivity contribution is 0.237. The van der Waals surface area contributed by atoms with Crippen LogP contribution >= 0.6 is 0 Å². The van der Waals surface area contributed by atoms with E-state index in [0.29, 0.717) is 13.0 Å². The Labute approximate surface area is 107 Å². The molecule has 2 amide bonds. The topological polar surface area (TPSA) is 66.9 Å². The molecule has 0 saturated carbocycles. The van der Waals surface area contributed by atoms with E-state index >= 15 is 0 Å². The van der Waals surface area contributed by atoms with E-state index in [0.717, 1.165) is 5.69 Å². The third-order valence-electron chi connectivity index (χ3n) is 2.42. The first-order valence-electron chi connectivity index (χ1n) is 5.89. The highest BCUT2D eigenvalue weighted by atomic mass is 16.2. The molecular formula is C13H18N4O. The lowest BCUT2D eigenvalue weighted by atomic mass is 10.1. The van der Waals surface area contributed by atoms with Gasteiger partial charge in [-0.3, -0.25) is 9.97 Å². The zero-order chi connectivity index (χ0) is 13.4. The van der Waals surface area contributed by atoms with Crippen molar-refractivity contribution >= 4 is 6.03 Å². The molecule has 1 atom stereocenters. The highest BCUT2D eigenvalue weighted by Crippen LogP contribution is 1.99. The largest absolute Gasteiger partial charge is 0.338 e. The van der Waals surface area contributed by atoms with Gasteiger partial charge in [0.1, 0.15) is 0 Å². The van der Waals surface area contributed by atoms with Crippen LogP contribution in [0.15, 0.2) is 18.6 Å². The zero-order valence-corrected chi connectivity index (χ0v) is 10.7. The lowest BCUT2D eigenvalue weighted by Gasteiger charge is -2.16. The van der Waals surface area contributed by atoms with Crippen molar-refractivity contribution in [3.05, 3.63) is 24.3 Å². The number of carbonyl (C=O) groups excluding carboxylic acids is 1. The molecule has 1 heterocycles. The summed E-state index contributed by atoms with van der Waals surface area (Å²) in [4.78, 5) is 19.6. The minimum absolute atomic E-state index is 0.209. The molecule has 5 heteroatoms. The van der Waals surface area contributed by atoms with E-state index in [1.807, 2.05) is 13.8 Å². The summed E-state index contributed by atoms with van der Waals surface area (Å²) in [5.41, 5.74) is 0.843. The Hall–Kier alpha value is -2.09. The van der Waals surface area contributed by atoms with Crippen molar-refractivity contribution in [1.29, 1.82) is 0 Å². The van der Waals surface area contributed by atoms with Gasteiger partial charge in [-0.25, -0.2) is 4.79 Å². The Kier molecular flexibility index (Phi) is 5.65. The molecule has 18 heavy (non-hydrogen) atoms. The van der Waals surface area contributed by atoms with Crippen molar-refractivity contribution < 1.29 is 4.79 Å². The summed E-state index contributed by atoms with van der Waals surface area (Å²) < 4.78 is 0. The second kappa shape index (κ2) is 7.28. The van der Waals surface area contributed by atoms with Crippen LogP contribution < -0.4 is 10.6 Å². The maximum Gasteiger partial charge on any atom is 0.315 e. The fourth-order valence-electron chi connectivity index (χ4n) is 1.36. The van der Waals surface area contributed by atoms with Gasteiger partial charge < -0.3 is 10.6 Å². The molecule has 1 rings (SSSR count). The lowest BCUT2D eigenvalue weighted by Crippen LogP contribution is -2.44. The van der Waals surface area contributed by atoms with E-state index in [1.54, 1.807) is 18.6 Å². The number of rotatable bonds is 5. The van der Waals surface area contributed by atoms with E-state index in [4.69, 9.17) is 6.42 Å². The number of carbonyl (C=O) groups is 1. The van der Waals surface area contributed by atoms with Crippen LogP contribution in [0.4, 0.5) is 4.79 Å². The Morgan fingerprint density at radius 1 is 1.50 bits per heavy atom. The van der Waals surface area contributed by atoms with E-state index in [1.165, 1.54) is 0 Å². The maximum absolute atomic E-state index is 11.6. The Bertz CT molecular complexity index is 411. The zero-order valence-electron chi connectivity index (χ0n) is 10.7. The molecule has 0 saturated heterocycles. The van der Waals surface area contributed by atoms with Crippen LogP contribution in [0.5, 0.6) is 0 Å². The number of hydrogen-bond acceptors (Lipinski definition) is 3. The van der Waals surface area contributed by atoms with Gasteiger partial charge in [-0.05, 0) is 5.92 Å². The number of urea groups is 1. The Morgan fingerprint density at radius 2 is 2.28 bits per heavy atom. The molecule has 96 valence electrons. The summed E-state index contributed by atoms with van der Waals surface area (Å²) in [6.07, 6.45) is 10.9. The predicted molar refractivity (Wildman–Crippen MR) is 69.7 cm³/mol. The van der Waals surface area contributed by atoms with Gasteiger partial charge in [0.2, 0.25) is 0 Å². The first-order valence-corrected chi connectivity index (χ1v) is 5.89. The van der Waals surface area contributed by atoms with E-state index in [2.05, 4.69) is 26.5 Å². The highest BCUT2D eigenvalue weighted by Gasteiger charge is 2.12. The van der Waals surface area contributed by atoms with Gasteiger partial charge >= 0.3 is 6.03 Å². The fraction of sp³-hybridized carbons (Fsp3) is 0.462. The molecule has 2 N–H and O–H groups in total. The first kappa shape index (κ1) is 14.0. The van der Waals surface area contributed by atoms with E-state index in [-0.39, 0.29) is 18.0 Å². The van der Waals surface area contributed by atoms with Crippen molar-refractivity contribution in [2.45, 2.75) is 26.3 Å². The molecule has 0 aliphatic carbocycles. The van der Waals surface area contributed by atoms with E-state index in [9.17, 15) is 4.79 Å². The third-order valence-corrected chi connectivity index (χ3v) is 2.42. The summed E-state index contributed by atoms with van der Waals surface area (Å²) in [6, 6.07) is -0.503. The van der Waals surface area contributed by atoms with Crippen molar-refractivity contribution in [2.75, 3.05) is 6.54 Å². The summed E-state index contributed by atoms with van der Waals surface area (Å²) in [5.74, 6) is 2.76. The molecule has 0 radical (unpaired) electrons. The standard InChI is InChI=1S/C13H18N4O/c1-4-12(10(2)3)17-13(18)16-6-5-11-9-14-7-8-15-11/h1,7-10,12H,5-6H2,2-3H3,(H2,16,17,18)/t12-/m1/s1. The van der Waals surface area contributed by atoms with Gasteiger partial charge in [-0.1, -0.05) is 19.8 Å². The Balaban J connectivity index is 2.28. The quantitative estimate of drug-likeness (QED) is 0.761. The summed E-state index contributed by atoms with van der Waals surface area (Å²) >= 11 is 0. The molecule has 0 bridgehead atoms. The number of aromatic nitrogens is 2. The third kappa shape index (κ3) is 4.83. The second-order valence-corrected chi connectivity index (χ2v) is 4.24. The molecule has 1 aromatic rings. The molecule has 5 nitrogen and oxygen atoms in total. The fourth-order valence-corrected chi connectivity index (χ4v) is 1.36. The average molecular weight is 246 g/mol. The minimum atomic E-state index is -0.254. The summed E-state index contributed by atoms with van der Waals surface area (Å²) in [5, 5.41) is 5.47. The van der Waals surface area contributed by atoms with E-state index < -0.39 is 0 Å². The smallest absolute Gasteiger partial charge is 0.315 e. The number of amides is 2. The monoisotopic (exact) mass is 246 g/mol. The van der Waals surface area contributed by atoms with Gasteiger partial charge in [0.05, 0.1) is 11.7 Å². The van der Waals surface area contributed by atoms with Crippen LogP contribution in [0, 0.1) is 18.3 Å². The van der Waals surface area contributed by atoms with Crippen molar-refractivity contribution in [3.63, 3.8) is 0 Å². The second-order valence-electron chi connectivity index (χ2n) is 4.24. The van der Waals surface area contributed by atoms with Crippen molar-refractivity contribution in [3.8, 4) is 12.3 Å². The SMILES string of the molecule is C#C[C@@H](NC(=O)NCCc1cnccn1)C(C)C. The number of nitrogens with one attached hydrogen (secondary N) is 2. The van der Waals surface area contributed by atoms with Crippen LogP contribution in [-0.2, 0) is 6.42 Å². The number of nitrogens with zero attached hydrogens (tertiary/aromatic N) is 2. The molecular weight excluding hydrogens is 228 g/mol. The van der Waals surface area contributed by atoms with Gasteiger partial charge in [0.25, 0.3) is 0 Å². The van der Waals surface area contributed by atoms with Crippen LogP contribution in [0.25, 0.3) is 0 Å². The molecule has 0 aromatic carbocycles. The highest BCUT2D eigenvalue weighted by molar-refractivity contribution is 5.74.